The van der Waals surface area contributed by atoms with Crippen molar-refractivity contribution in [2.24, 2.45) is 0 Å². The van der Waals surface area contributed by atoms with Crippen molar-refractivity contribution in [1.29, 1.82) is 0 Å². The molecule has 0 unspecified atom stereocenters. The summed E-state index contributed by atoms with van der Waals surface area (Å²) in [7, 11) is 3.51. The number of rotatable bonds is 8. The topological polar surface area (TPSA) is 55.9 Å². The Kier molecular flexibility index (Phi) is 9.18. The van der Waals surface area contributed by atoms with Gasteiger partial charge in [0, 0.05) is 57.7 Å². The largest absolute Gasteiger partial charge is 0.416 e. The number of alkyl halides is 4. The summed E-state index contributed by atoms with van der Waals surface area (Å²) in [6.07, 6.45) is -3.67. The summed E-state index contributed by atoms with van der Waals surface area (Å²) in [5.41, 5.74) is 1.16. The van der Waals surface area contributed by atoms with Crippen molar-refractivity contribution in [3.8, 4) is 11.1 Å². The highest BCUT2D eigenvalue weighted by atomic mass is 79.9. The van der Waals surface area contributed by atoms with Crippen LogP contribution in [0.3, 0.4) is 0 Å². The fourth-order valence-corrected chi connectivity index (χ4v) is 4.31. The van der Waals surface area contributed by atoms with Gasteiger partial charge in [0.05, 0.1) is 11.6 Å². The summed E-state index contributed by atoms with van der Waals surface area (Å²) in [5, 5.41) is 4.09. The molecule has 1 aliphatic heterocycles. The number of hydrogen-bond acceptors (Lipinski definition) is 3. The predicted molar refractivity (Wildman–Crippen MR) is 134 cm³/mol. The summed E-state index contributed by atoms with van der Waals surface area (Å²) < 4.78 is 38.3. The zero-order valence-corrected chi connectivity index (χ0v) is 21.4. The Labute approximate surface area is 212 Å². The number of carbonyl (C=O) groups excluding carboxylic acids is 2. The molecule has 0 radical (unpaired) electrons. The van der Waals surface area contributed by atoms with Crippen LogP contribution in [0.1, 0.15) is 22.3 Å². The third kappa shape index (κ3) is 6.98. The Bertz CT molecular complexity index is 999. The molecule has 1 fully saturated rings. The number of likely N-dealkylation sites (tertiary alicyclic amines) is 1. The quantitative estimate of drug-likeness (QED) is 0.384. The number of urea groups is 1. The van der Waals surface area contributed by atoms with E-state index in [1.54, 1.807) is 53.1 Å². The van der Waals surface area contributed by atoms with E-state index in [4.69, 9.17) is 0 Å². The molecule has 0 bridgehead atoms. The first-order valence-corrected chi connectivity index (χ1v) is 12.6. The molecule has 0 saturated carbocycles. The van der Waals surface area contributed by atoms with Crippen LogP contribution in [0, 0.1) is 0 Å². The third-order valence-corrected chi connectivity index (χ3v) is 6.60. The molecule has 0 aromatic heterocycles. The van der Waals surface area contributed by atoms with Gasteiger partial charge in [0.15, 0.2) is 0 Å². The number of halogens is 4. The Morgan fingerprint density at radius 3 is 2.20 bits per heavy atom. The van der Waals surface area contributed by atoms with E-state index in [1.165, 1.54) is 12.1 Å². The number of benzene rings is 2. The molecule has 0 aliphatic carbocycles. The molecular weight excluding hydrogens is 525 g/mol. The van der Waals surface area contributed by atoms with Crippen molar-refractivity contribution in [2.45, 2.75) is 18.6 Å². The minimum atomic E-state index is -4.38. The second kappa shape index (κ2) is 11.9. The molecule has 10 heteroatoms. The van der Waals surface area contributed by atoms with E-state index in [1.807, 2.05) is 0 Å². The molecule has 1 atom stereocenters. The van der Waals surface area contributed by atoms with Crippen LogP contribution in [-0.4, -0.2) is 84.8 Å². The molecule has 2 aromatic rings. The zero-order chi connectivity index (χ0) is 25.6. The van der Waals surface area contributed by atoms with Gasteiger partial charge in [-0.15, -0.1) is 0 Å². The molecule has 1 heterocycles. The number of hydrogen-bond donors (Lipinski definition) is 1. The maximum atomic E-state index is 13.0. The Morgan fingerprint density at radius 2 is 1.63 bits per heavy atom. The predicted octanol–water partition coefficient (Wildman–Crippen LogP) is 4.56. The lowest BCUT2D eigenvalue weighted by Gasteiger charge is -2.27. The maximum Gasteiger partial charge on any atom is 0.416 e. The number of nitrogens with zero attached hydrogens (tertiary/aromatic N) is 3. The fourth-order valence-electron chi connectivity index (χ4n) is 4.03. The Balaban J connectivity index is 1.56. The molecule has 3 rings (SSSR count). The van der Waals surface area contributed by atoms with Gasteiger partial charge in [-0.05, 0) is 41.8 Å². The van der Waals surface area contributed by atoms with E-state index in [0.717, 1.165) is 29.6 Å². The lowest BCUT2D eigenvalue weighted by atomic mass is 10.0. The van der Waals surface area contributed by atoms with Crippen LogP contribution in [0.2, 0.25) is 0 Å². The lowest BCUT2D eigenvalue weighted by molar-refractivity contribution is -0.137. The van der Waals surface area contributed by atoms with Crippen LogP contribution in [-0.2, 0) is 6.18 Å². The summed E-state index contributed by atoms with van der Waals surface area (Å²) >= 11 is 3.35. The van der Waals surface area contributed by atoms with Crippen molar-refractivity contribution < 1.29 is 22.8 Å². The number of amides is 3. The highest BCUT2D eigenvalue weighted by Crippen LogP contribution is 2.31. The number of carbonyl (C=O) groups is 2. The van der Waals surface area contributed by atoms with Gasteiger partial charge < -0.3 is 20.0 Å². The molecule has 1 aliphatic rings. The van der Waals surface area contributed by atoms with E-state index in [-0.39, 0.29) is 18.0 Å². The van der Waals surface area contributed by atoms with E-state index in [2.05, 4.69) is 21.2 Å². The standard InChI is InChI=1S/C25H30BrF3N4O2/c1-31(16-14-30-13-12-26)24(35)33-15-11-22(17-33)32(2)23(34)20-5-3-18(4-6-20)19-7-9-21(10-8-19)25(27,28)29/h3-10,22,30H,11-17H2,1-2H3/t22-/m0/s1. The van der Waals surface area contributed by atoms with E-state index in [0.29, 0.717) is 43.7 Å². The SMILES string of the molecule is CN(CCNCCBr)C(=O)N1CC[C@H](N(C)C(=O)c2ccc(-c3ccc(C(F)(F)F)cc3)cc2)C1. The second-order valence-corrected chi connectivity index (χ2v) is 9.39. The third-order valence-electron chi connectivity index (χ3n) is 6.20. The van der Waals surface area contributed by atoms with E-state index < -0.39 is 11.7 Å². The van der Waals surface area contributed by atoms with Gasteiger partial charge in [0.1, 0.15) is 0 Å². The molecule has 2 aromatic carbocycles. The average molecular weight is 555 g/mol. The molecular formula is C25H30BrF3N4O2. The highest BCUT2D eigenvalue weighted by Gasteiger charge is 2.32. The number of likely N-dealkylation sites (N-methyl/N-ethyl adjacent to an activating group) is 2. The zero-order valence-electron chi connectivity index (χ0n) is 19.8. The van der Waals surface area contributed by atoms with Crippen LogP contribution in [0.15, 0.2) is 48.5 Å². The van der Waals surface area contributed by atoms with Crippen LogP contribution in [0.25, 0.3) is 11.1 Å². The molecule has 3 amide bonds. The van der Waals surface area contributed by atoms with Crippen LogP contribution >= 0.6 is 15.9 Å². The van der Waals surface area contributed by atoms with Gasteiger partial charge in [0.25, 0.3) is 5.91 Å². The summed E-state index contributed by atoms with van der Waals surface area (Å²) in [6, 6.07) is 11.6. The minimum absolute atomic E-state index is 0.0464. The Hall–Kier alpha value is -2.59. The summed E-state index contributed by atoms with van der Waals surface area (Å²) in [6.45, 7) is 3.22. The normalized spacial score (nSPS) is 15.8. The van der Waals surface area contributed by atoms with Gasteiger partial charge in [-0.25, -0.2) is 4.79 Å². The van der Waals surface area contributed by atoms with Crippen molar-refractivity contribution >= 4 is 27.9 Å². The van der Waals surface area contributed by atoms with E-state index >= 15 is 0 Å². The van der Waals surface area contributed by atoms with Crippen molar-refractivity contribution in [2.75, 3.05) is 52.1 Å². The van der Waals surface area contributed by atoms with E-state index in [9.17, 15) is 22.8 Å². The molecule has 35 heavy (non-hydrogen) atoms. The Morgan fingerprint density at radius 1 is 1.03 bits per heavy atom. The summed E-state index contributed by atoms with van der Waals surface area (Å²) in [4.78, 5) is 30.9. The fraction of sp³-hybridized carbons (Fsp3) is 0.440. The molecule has 6 nitrogen and oxygen atoms in total. The average Bonchev–Trinajstić information content (AvgIpc) is 3.35. The van der Waals surface area contributed by atoms with Gasteiger partial charge in [-0.3, -0.25) is 4.79 Å². The molecule has 1 saturated heterocycles. The number of nitrogens with one attached hydrogen (secondary N) is 1. The first-order chi connectivity index (χ1) is 16.6. The van der Waals surface area contributed by atoms with Crippen molar-refractivity contribution in [1.82, 2.24) is 20.0 Å². The minimum Gasteiger partial charge on any atom is -0.337 e. The van der Waals surface area contributed by atoms with Crippen LogP contribution < -0.4 is 5.32 Å². The van der Waals surface area contributed by atoms with Gasteiger partial charge in [0.2, 0.25) is 0 Å². The first-order valence-electron chi connectivity index (χ1n) is 11.4. The van der Waals surface area contributed by atoms with Crippen LogP contribution in [0.4, 0.5) is 18.0 Å². The molecule has 1 N–H and O–H groups in total. The monoisotopic (exact) mass is 554 g/mol. The highest BCUT2D eigenvalue weighted by molar-refractivity contribution is 9.09. The summed E-state index contributed by atoms with van der Waals surface area (Å²) in [5.74, 6) is -0.157. The maximum absolute atomic E-state index is 13.0. The van der Waals surface area contributed by atoms with Crippen LogP contribution in [0.5, 0.6) is 0 Å². The van der Waals surface area contributed by atoms with Gasteiger partial charge in [-0.2, -0.15) is 13.2 Å². The van der Waals surface area contributed by atoms with Gasteiger partial charge >= 0.3 is 12.2 Å². The lowest BCUT2D eigenvalue weighted by Crippen LogP contribution is -2.45. The van der Waals surface area contributed by atoms with Crippen molar-refractivity contribution in [3.05, 3.63) is 59.7 Å². The smallest absolute Gasteiger partial charge is 0.337 e. The van der Waals surface area contributed by atoms with Gasteiger partial charge in [-0.1, -0.05) is 40.2 Å². The second-order valence-electron chi connectivity index (χ2n) is 8.60. The first kappa shape index (κ1) is 27.0. The molecule has 0 spiro atoms. The van der Waals surface area contributed by atoms with Crippen molar-refractivity contribution in [3.63, 3.8) is 0 Å². The molecule has 190 valence electrons.